The molecule has 1 aromatic carbocycles. The van der Waals surface area contributed by atoms with Crippen LogP contribution in [0, 0.1) is 0 Å². The van der Waals surface area contributed by atoms with Crippen LogP contribution in [0.25, 0.3) is 0 Å². The van der Waals surface area contributed by atoms with E-state index in [4.69, 9.17) is 21.4 Å². The number of carboxylic acids is 1. The number of halogens is 1. The van der Waals surface area contributed by atoms with E-state index in [9.17, 15) is 9.59 Å². The van der Waals surface area contributed by atoms with Crippen LogP contribution in [0.15, 0.2) is 29.6 Å². The second-order valence-corrected chi connectivity index (χ2v) is 5.50. The minimum absolute atomic E-state index is 0.0424. The number of rotatable bonds is 5. The molecule has 0 aliphatic carbocycles. The lowest BCUT2D eigenvalue weighted by Gasteiger charge is -2.09. The van der Waals surface area contributed by atoms with Crippen molar-refractivity contribution >= 4 is 39.8 Å². The van der Waals surface area contributed by atoms with E-state index in [0.717, 1.165) is 11.3 Å². The molecular weight excluding hydrogens is 314 g/mol. The summed E-state index contributed by atoms with van der Waals surface area (Å²) in [5.74, 6) is -0.855. The number of aromatic carboxylic acids is 1. The van der Waals surface area contributed by atoms with E-state index in [-0.39, 0.29) is 17.9 Å². The maximum absolute atomic E-state index is 12.0. The van der Waals surface area contributed by atoms with Gasteiger partial charge in [-0.3, -0.25) is 4.79 Å². The summed E-state index contributed by atoms with van der Waals surface area (Å²) in [6.07, 6.45) is 0.0424. The molecule has 1 amide bonds. The average Bonchev–Trinajstić information content (AvgIpc) is 2.87. The predicted molar refractivity (Wildman–Crippen MR) is 81.6 cm³/mol. The number of benzene rings is 1. The summed E-state index contributed by atoms with van der Waals surface area (Å²) in [5, 5.41) is 14.0. The number of hydrogen-bond donors (Lipinski definition) is 2. The fraction of sp³-hybridized carbons (Fsp3) is 0.143. The zero-order chi connectivity index (χ0) is 15.4. The third kappa shape index (κ3) is 3.74. The van der Waals surface area contributed by atoms with Gasteiger partial charge in [0.2, 0.25) is 5.91 Å². The Labute approximate surface area is 130 Å². The molecule has 0 aliphatic heterocycles. The van der Waals surface area contributed by atoms with E-state index < -0.39 is 5.97 Å². The van der Waals surface area contributed by atoms with Gasteiger partial charge in [0, 0.05) is 10.6 Å². The molecule has 0 bridgehead atoms. The van der Waals surface area contributed by atoms with E-state index >= 15 is 0 Å². The minimum atomic E-state index is -1.08. The molecular formula is C14H12ClNO4S. The molecule has 0 fully saturated rings. The van der Waals surface area contributed by atoms with Crippen molar-refractivity contribution in [1.82, 2.24) is 0 Å². The molecule has 0 spiro atoms. The average molecular weight is 326 g/mol. The van der Waals surface area contributed by atoms with Crippen molar-refractivity contribution in [3.05, 3.63) is 45.8 Å². The molecule has 7 heteroatoms. The lowest BCUT2D eigenvalue weighted by molar-refractivity contribution is -0.115. The molecule has 0 unspecified atom stereocenters. The van der Waals surface area contributed by atoms with Gasteiger partial charge in [0.25, 0.3) is 0 Å². The minimum Gasteiger partial charge on any atom is -0.496 e. The second kappa shape index (κ2) is 6.60. The number of carboxylic acid groups (broad SMARTS) is 1. The van der Waals surface area contributed by atoms with Gasteiger partial charge in [-0.05, 0) is 29.6 Å². The Kier molecular flexibility index (Phi) is 4.82. The Bertz CT molecular complexity index is 683. The highest BCUT2D eigenvalue weighted by atomic mass is 35.5. The number of carbonyl (C=O) groups is 2. The fourth-order valence-corrected chi connectivity index (χ4v) is 2.79. The van der Waals surface area contributed by atoms with E-state index in [1.165, 1.54) is 13.2 Å². The molecule has 0 radical (unpaired) electrons. The summed E-state index contributed by atoms with van der Waals surface area (Å²) in [6.45, 7) is 0. The van der Waals surface area contributed by atoms with Gasteiger partial charge in [0.05, 0.1) is 19.1 Å². The van der Waals surface area contributed by atoms with Crippen LogP contribution in [0.1, 0.15) is 15.9 Å². The zero-order valence-electron chi connectivity index (χ0n) is 11.1. The Morgan fingerprint density at radius 2 is 2.14 bits per heavy atom. The third-order valence-corrected chi connectivity index (χ3v) is 3.81. The van der Waals surface area contributed by atoms with Crippen LogP contribution >= 0.6 is 22.9 Å². The number of methoxy groups -OCH3 is 1. The summed E-state index contributed by atoms with van der Waals surface area (Å²) < 4.78 is 5.17. The summed E-state index contributed by atoms with van der Waals surface area (Å²) in [6, 6.07) is 6.44. The standard InChI is InChI=1S/C14H12ClNO4S/c1-20-11-3-2-9(15)6-8(11)7-12(17)16-13-10(14(18)19)4-5-21-13/h2-6H,7H2,1H3,(H,16,17)(H,18,19). The van der Waals surface area contributed by atoms with Gasteiger partial charge in [-0.1, -0.05) is 11.6 Å². The highest BCUT2D eigenvalue weighted by Crippen LogP contribution is 2.26. The SMILES string of the molecule is COc1ccc(Cl)cc1CC(=O)Nc1sccc1C(=O)O. The first kappa shape index (κ1) is 15.3. The normalized spacial score (nSPS) is 10.2. The smallest absolute Gasteiger partial charge is 0.338 e. The van der Waals surface area contributed by atoms with Gasteiger partial charge in [0.1, 0.15) is 10.8 Å². The Morgan fingerprint density at radius 1 is 1.38 bits per heavy atom. The maximum Gasteiger partial charge on any atom is 0.338 e. The second-order valence-electron chi connectivity index (χ2n) is 4.15. The van der Waals surface area contributed by atoms with Crippen LogP contribution in [0.5, 0.6) is 5.75 Å². The first-order valence-electron chi connectivity index (χ1n) is 5.94. The van der Waals surface area contributed by atoms with Gasteiger partial charge >= 0.3 is 5.97 Å². The lowest BCUT2D eigenvalue weighted by atomic mass is 10.1. The predicted octanol–water partition coefficient (Wildman–Crippen LogP) is 3.29. The number of hydrogen-bond acceptors (Lipinski definition) is 4. The molecule has 0 saturated carbocycles. The molecule has 0 aliphatic rings. The Hall–Kier alpha value is -2.05. The number of nitrogens with one attached hydrogen (secondary N) is 1. The molecule has 21 heavy (non-hydrogen) atoms. The fourth-order valence-electron chi connectivity index (χ4n) is 1.80. The number of amides is 1. The van der Waals surface area contributed by atoms with Crippen molar-refractivity contribution in [2.45, 2.75) is 6.42 Å². The number of thiophene rings is 1. The Balaban J connectivity index is 2.13. The van der Waals surface area contributed by atoms with Gasteiger partial charge < -0.3 is 15.2 Å². The third-order valence-electron chi connectivity index (χ3n) is 2.74. The topological polar surface area (TPSA) is 75.6 Å². The molecule has 1 heterocycles. The van der Waals surface area contributed by atoms with Crippen molar-refractivity contribution in [2.75, 3.05) is 12.4 Å². The highest BCUT2D eigenvalue weighted by molar-refractivity contribution is 7.14. The van der Waals surface area contributed by atoms with Crippen LogP contribution in [0.3, 0.4) is 0 Å². The lowest BCUT2D eigenvalue weighted by Crippen LogP contribution is -2.15. The monoisotopic (exact) mass is 325 g/mol. The molecule has 5 nitrogen and oxygen atoms in total. The molecule has 2 aromatic rings. The van der Waals surface area contributed by atoms with Crippen LogP contribution in [-0.4, -0.2) is 24.1 Å². The van der Waals surface area contributed by atoms with Gasteiger partial charge in [-0.2, -0.15) is 0 Å². The van der Waals surface area contributed by atoms with Gasteiger partial charge in [-0.15, -0.1) is 11.3 Å². The molecule has 1 aromatic heterocycles. The molecule has 0 atom stereocenters. The highest BCUT2D eigenvalue weighted by Gasteiger charge is 2.15. The summed E-state index contributed by atoms with van der Waals surface area (Å²) >= 11 is 7.06. The Morgan fingerprint density at radius 3 is 2.81 bits per heavy atom. The van der Waals surface area contributed by atoms with Crippen LogP contribution < -0.4 is 10.1 Å². The summed E-state index contributed by atoms with van der Waals surface area (Å²) in [7, 11) is 1.51. The first-order chi connectivity index (χ1) is 10.0. The zero-order valence-corrected chi connectivity index (χ0v) is 12.6. The maximum atomic E-state index is 12.0. The largest absolute Gasteiger partial charge is 0.496 e. The number of ether oxygens (including phenoxy) is 1. The van der Waals surface area contributed by atoms with Crippen LogP contribution in [-0.2, 0) is 11.2 Å². The van der Waals surface area contributed by atoms with Crippen molar-refractivity contribution < 1.29 is 19.4 Å². The van der Waals surface area contributed by atoms with E-state index in [1.807, 2.05) is 0 Å². The van der Waals surface area contributed by atoms with Crippen molar-refractivity contribution in [3.63, 3.8) is 0 Å². The first-order valence-corrected chi connectivity index (χ1v) is 7.20. The molecule has 2 N–H and O–H groups in total. The van der Waals surface area contributed by atoms with Gasteiger partial charge in [-0.25, -0.2) is 4.79 Å². The number of anilines is 1. The summed E-state index contributed by atoms with van der Waals surface area (Å²) in [4.78, 5) is 23.0. The van der Waals surface area contributed by atoms with Crippen LogP contribution in [0.2, 0.25) is 5.02 Å². The quantitative estimate of drug-likeness (QED) is 0.884. The van der Waals surface area contributed by atoms with Crippen LogP contribution in [0.4, 0.5) is 5.00 Å². The van der Waals surface area contributed by atoms with E-state index in [1.54, 1.807) is 23.6 Å². The molecule has 110 valence electrons. The van der Waals surface area contributed by atoms with E-state index in [2.05, 4.69) is 5.32 Å². The molecule has 0 saturated heterocycles. The molecule has 2 rings (SSSR count). The number of carbonyl (C=O) groups excluding carboxylic acids is 1. The van der Waals surface area contributed by atoms with Crippen molar-refractivity contribution in [3.8, 4) is 5.75 Å². The van der Waals surface area contributed by atoms with Crippen molar-refractivity contribution in [2.24, 2.45) is 0 Å². The van der Waals surface area contributed by atoms with E-state index in [0.29, 0.717) is 21.3 Å². The van der Waals surface area contributed by atoms with Crippen molar-refractivity contribution in [1.29, 1.82) is 0 Å². The summed E-state index contributed by atoms with van der Waals surface area (Å²) in [5.41, 5.74) is 0.711. The van der Waals surface area contributed by atoms with Gasteiger partial charge in [0.15, 0.2) is 0 Å².